The van der Waals surface area contributed by atoms with Gasteiger partial charge >= 0.3 is 0 Å². The molecule has 1 saturated heterocycles. The van der Waals surface area contributed by atoms with Gasteiger partial charge in [0, 0.05) is 37.3 Å². The van der Waals surface area contributed by atoms with Crippen LogP contribution in [0.3, 0.4) is 0 Å². The molecule has 158 valence electrons. The summed E-state index contributed by atoms with van der Waals surface area (Å²) in [6.07, 6.45) is 4.63. The average molecular weight is 398 g/mol. The third-order valence-corrected chi connectivity index (χ3v) is 6.17. The van der Waals surface area contributed by atoms with Crippen molar-refractivity contribution < 1.29 is 23.4 Å². The fraction of sp³-hybridized carbons (Fsp3) is 0.727. The Morgan fingerprint density at radius 2 is 1.79 bits per heavy atom. The Kier molecular flexibility index (Phi) is 6.62. The van der Waals surface area contributed by atoms with Crippen molar-refractivity contribution >= 4 is 0 Å². The van der Waals surface area contributed by atoms with Gasteiger partial charge < -0.3 is 14.6 Å². The monoisotopic (exact) mass is 397 g/mol. The maximum Gasteiger partial charge on any atom is 0.134 e. The lowest BCUT2D eigenvalue weighted by Gasteiger charge is -2.42. The van der Waals surface area contributed by atoms with Crippen LogP contribution in [0.25, 0.3) is 0 Å². The van der Waals surface area contributed by atoms with E-state index in [-0.39, 0.29) is 19.0 Å². The Hall–Kier alpha value is -1.24. The van der Waals surface area contributed by atoms with Gasteiger partial charge in [-0.05, 0) is 37.0 Å². The van der Waals surface area contributed by atoms with E-state index in [2.05, 4.69) is 25.7 Å². The van der Waals surface area contributed by atoms with Gasteiger partial charge in [0.2, 0.25) is 0 Å². The molecule has 1 atom stereocenters. The molecule has 28 heavy (non-hydrogen) atoms. The van der Waals surface area contributed by atoms with Crippen molar-refractivity contribution in [3.8, 4) is 5.75 Å². The average Bonchev–Trinajstić information content (AvgIpc) is 2.81. The third kappa shape index (κ3) is 5.65. The first kappa shape index (κ1) is 21.5. The molecule has 0 bridgehead atoms. The van der Waals surface area contributed by atoms with Gasteiger partial charge in [0.25, 0.3) is 0 Å². The number of halogens is 2. The molecule has 3 rings (SSSR count). The van der Waals surface area contributed by atoms with Gasteiger partial charge in [-0.1, -0.05) is 20.8 Å². The van der Waals surface area contributed by atoms with E-state index in [0.29, 0.717) is 24.6 Å². The molecule has 0 radical (unpaired) electrons. The lowest BCUT2D eigenvalue weighted by Crippen LogP contribution is -2.52. The highest BCUT2D eigenvalue weighted by atomic mass is 19.1. The highest BCUT2D eigenvalue weighted by Crippen LogP contribution is 2.39. The molecule has 1 saturated carbocycles. The molecule has 2 aliphatic rings. The topological polar surface area (TPSA) is 41.9 Å². The fourth-order valence-electron chi connectivity index (χ4n) is 4.48. The largest absolute Gasteiger partial charge is 0.490 e. The van der Waals surface area contributed by atoms with Gasteiger partial charge in [-0.25, -0.2) is 8.78 Å². The van der Waals surface area contributed by atoms with E-state index in [1.165, 1.54) is 12.8 Å². The summed E-state index contributed by atoms with van der Waals surface area (Å²) < 4.78 is 37.9. The predicted molar refractivity (Wildman–Crippen MR) is 104 cm³/mol. The molecule has 0 amide bonds. The molecule has 0 unspecified atom stereocenters. The summed E-state index contributed by atoms with van der Waals surface area (Å²) in [5, 5.41) is 11.1. The molecule has 1 aliphatic heterocycles. The van der Waals surface area contributed by atoms with Crippen molar-refractivity contribution in [2.24, 2.45) is 11.3 Å². The van der Waals surface area contributed by atoms with Crippen LogP contribution in [0.4, 0.5) is 8.78 Å². The van der Waals surface area contributed by atoms with Crippen molar-refractivity contribution in [1.29, 1.82) is 0 Å². The molecule has 1 heterocycles. The first-order valence-corrected chi connectivity index (χ1v) is 10.3. The van der Waals surface area contributed by atoms with Crippen molar-refractivity contribution in [3.63, 3.8) is 0 Å². The van der Waals surface area contributed by atoms with Gasteiger partial charge in [0.15, 0.2) is 0 Å². The number of rotatable bonds is 4. The van der Waals surface area contributed by atoms with E-state index in [1.807, 2.05) is 0 Å². The van der Waals surface area contributed by atoms with Crippen LogP contribution in [0.1, 0.15) is 46.5 Å². The van der Waals surface area contributed by atoms with Crippen LogP contribution in [0, 0.1) is 23.0 Å². The van der Waals surface area contributed by atoms with E-state index >= 15 is 0 Å². The van der Waals surface area contributed by atoms with Crippen LogP contribution in [0.15, 0.2) is 18.2 Å². The van der Waals surface area contributed by atoms with E-state index in [0.717, 1.165) is 43.5 Å². The van der Waals surface area contributed by atoms with Crippen LogP contribution >= 0.6 is 0 Å². The maximum absolute atomic E-state index is 13.4. The van der Waals surface area contributed by atoms with Gasteiger partial charge in [0.05, 0.1) is 13.2 Å². The first-order chi connectivity index (χ1) is 13.1. The van der Waals surface area contributed by atoms with E-state index in [4.69, 9.17) is 9.47 Å². The van der Waals surface area contributed by atoms with Crippen LogP contribution in [0.5, 0.6) is 5.75 Å². The summed E-state index contributed by atoms with van der Waals surface area (Å²) in [4.78, 5) is 2.31. The molecule has 1 N–H and O–H groups in total. The Morgan fingerprint density at radius 1 is 1.14 bits per heavy atom. The summed E-state index contributed by atoms with van der Waals surface area (Å²) in [5.41, 5.74) is -0.873. The van der Waals surface area contributed by atoms with Crippen LogP contribution in [-0.2, 0) is 4.74 Å². The summed E-state index contributed by atoms with van der Waals surface area (Å²) >= 11 is 0. The third-order valence-electron chi connectivity index (χ3n) is 6.17. The smallest absolute Gasteiger partial charge is 0.134 e. The zero-order chi connectivity index (χ0) is 20.4. The van der Waals surface area contributed by atoms with E-state index in [1.54, 1.807) is 0 Å². The fourth-order valence-corrected chi connectivity index (χ4v) is 4.48. The normalized spacial score (nSPS) is 30.1. The number of nitrogens with zero attached hydrogens (tertiary/aromatic N) is 1. The van der Waals surface area contributed by atoms with Crippen molar-refractivity contribution in [3.05, 3.63) is 29.8 Å². The number of benzene rings is 1. The molecule has 6 heteroatoms. The standard InChI is InChI=1S/C22H33F2NO3/c1-21(2,3)16-4-6-19(7-5-16)25-8-9-27-14-22(26,13-25)15-28-20-11-17(23)10-18(24)12-20/h10-12,16,19,26H,4-9,13-15H2,1-3H3/t16?,19?,22-/m0/s1. The van der Waals surface area contributed by atoms with E-state index < -0.39 is 17.2 Å². The zero-order valence-electron chi connectivity index (χ0n) is 17.2. The molecule has 1 aliphatic carbocycles. The number of hydrogen-bond donors (Lipinski definition) is 1. The summed E-state index contributed by atoms with van der Waals surface area (Å²) in [5.74, 6) is -0.586. The highest BCUT2D eigenvalue weighted by Gasteiger charge is 2.38. The zero-order valence-corrected chi connectivity index (χ0v) is 17.2. The minimum atomic E-state index is -1.21. The van der Waals surface area contributed by atoms with E-state index in [9.17, 15) is 13.9 Å². The summed E-state index contributed by atoms with van der Waals surface area (Å²) in [7, 11) is 0. The minimum absolute atomic E-state index is 0.0657. The van der Waals surface area contributed by atoms with Gasteiger partial charge in [-0.2, -0.15) is 0 Å². The summed E-state index contributed by atoms with van der Waals surface area (Å²) in [6.45, 7) is 8.80. The lowest BCUT2D eigenvalue weighted by molar-refractivity contribution is -0.0692. The maximum atomic E-state index is 13.4. The molecule has 2 fully saturated rings. The summed E-state index contributed by atoms with van der Waals surface area (Å²) in [6, 6.07) is 3.47. The number of ether oxygens (including phenoxy) is 2. The van der Waals surface area contributed by atoms with Crippen LogP contribution < -0.4 is 4.74 Å². The predicted octanol–water partition coefficient (Wildman–Crippen LogP) is 4.01. The quantitative estimate of drug-likeness (QED) is 0.834. The molecule has 1 aromatic carbocycles. The van der Waals surface area contributed by atoms with Crippen molar-refractivity contribution in [1.82, 2.24) is 4.90 Å². The van der Waals surface area contributed by atoms with Crippen molar-refractivity contribution in [2.45, 2.75) is 58.1 Å². The van der Waals surface area contributed by atoms with Gasteiger partial charge in [-0.3, -0.25) is 4.90 Å². The van der Waals surface area contributed by atoms with Crippen LogP contribution in [0.2, 0.25) is 0 Å². The Balaban J connectivity index is 1.59. The SMILES string of the molecule is CC(C)(C)C1CCC(N2CCOC[C@](O)(COc3cc(F)cc(F)c3)C2)CC1. The first-order valence-electron chi connectivity index (χ1n) is 10.3. The minimum Gasteiger partial charge on any atom is -0.490 e. The van der Waals surface area contributed by atoms with Gasteiger partial charge in [-0.15, -0.1) is 0 Å². The molecule has 4 nitrogen and oxygen atoms in total. The number of hydrogen-bond acceptors (Lipinski definition) is 4. The van der Waals surface area contributed by atoms with Crippen molar-refractivity contribution in [2.75, 3.05) is 32.9 Å². The lowest BCUT2D eigenvalue weighted by atomic mass is 9.71. The Bertz CT molecular complexity index is 635. The molecular formula is C22H33F2NO3. The number of aliphatic hydroxyl groups is 1. The van der Waals surface area contributed by atoms with Crippen LogP contribution in [-0.4, -0.2) is 54.6 Å². The highest BCUT2D eigenvalue weighted by molar-refractivity contribution is 5.24. The second-order valence-electron chi connectivity index (χ2n) is 9.51. The molecule has 0 aromatic heterocycles. The molecule has 0 spiro atoms. The molecule has 1 aromatic rings. The molecular weight excluding hydrogens is 364 g/mol. The Morgan fingerprint density at radius 3 is 2.39 bits per heavy atom. The number of β-amino-alcohol motifs (C(OH)–C–C–N with tert-alkyl or cyclic N) is 1. The Labute approximate surface area is 166 Å². The van der Waals surface area contributed by atoms with Gasteiger partial charge in [0.1, 0.15) is 29.6 Å². The second kappa shape index (κ2) is 8.64. The second-order valence-corrected chi connectivity index (χ2v) is 9.51.